The van der Waals surface area contributed by atoms with E-state index in [0.717, 1.165) is 11.1 Å². The summed E-state index contributed by atoms with van der Waals surface area (Å²) in [5.74, 6) is -0.223. The second-order valence-electron chi connectivity index (χ2n) is 6.60. The molecule has 0 aromatic heterocycles. The van der Waals surface area contributed by atoms with Crippen LogP contribution in [0, 0.1) is 5.41 Å². The maximum atomic E-state index is 12.3. The fraction of sp³-hybridized carbons (Fsp3) is 0.316. The van der Waals surface area contributed by atoms with Crippen molar-refractivity contribution in [1.29, 1.82) is 0 Å². The second-order valence-corrected chi connectivity index (χ2v) is 6.60. The van der Waals surface area contributed by atoms with E-state index in [-0.39, 0.29) is 23.3 Å². The van der Waals surface area contributed by atoms with E-state index in [4.69, 9.17) is 0 Å². The normalized spacial score (nSPS) is 23.6. The lowest BCUT2D eigenvalue weighted by molar-refractivity contribution is -0.129. The molecule has 1 aromatic carbocycles. The molecule has 1 saturated carbocycles. The average molecular weight is 294 g/mol. The lowest BCUT2D eigenvalue weighted by Gasteiger charge is -2.39. The van der Waals surface area contributed by atoms with Crippen LogP contribution < -0.4 is 0 Å². The van der Waals surface area contributed by atoms with Gasteiger partial charge in [0.05, 0.1) is 0 Å². The number of carbonyl (C=O) groups is 3. The van der Waals surface area contributed by atoms with Crippen molar-refractivity contribution in [1.82, 2.24) is 0 Å². The molecule has 3 nitrogen and oxygen atoms in total. The number of rotatable bonds is 1. The van der Waals surface area contributed by atoms with E-state index in [1.807, 2.05) is 19.9 Å². The molecule has 0 spiro atoms. The molecule has 0 bridgehead atoms. The Kier molecular flexibility index (Phi) is 3.24. The maximum absolute atomic E-state index is 12.3. The lowest BCUT2D eigenvalue weighted by Crippen LogP contribution is -2.36. The number of fused-ring (bicyclic) bond motifs is 1. The summed E-state index contributed by atoms with van der Waals surface area (Å²) >= 11 is 0. The molecule has 3 rings (SSSR count). The van der Waals surface area contributed by atoms with E-state index in [1.54, 1.807) is 12.1 Å². The first-order valence-electron chi connectivity index (χ1n) is 7.44. The Morgan fingerprint density at radius 1 is 1.00 bits per heavy atom. The molecule has 0 radical (unpaired) electrons. The Bertz CT molecular complexity index is 750. The summed E-state index contributed by atoms with van der Waals surface area (Å²) in [6.07, 6.45) is 3.81. The number of benzene rings is 1. The third-order valence-corrected chi connectivity index (χ3v) is 4.82. The predicted molar refractivity (Wildman–Crippen MR) is 84.1 cm³/mol. The van der Waals surface area contributed by atoms with E-state index < -0.39 is 5.41 Å². The summed E-state index contributed by atoms with van der Waals surface area (Å²) < 4.78 is 0. The predicted octanol–water partition coefficient (Wildman–Crippen LogP) is 3.65. The number of carbonyl (C=O) groups excluding carboxylic acids is 3. The van der Waals surface area contributed by atoms with Crippen molar-refractivity contribution in [2.45, 2.75) is 32.6 Å². The number of allylic oxidation sites excluding steroid dienone is 3. The van der Waals surface area contributed by atoms with Crippen LogP contribution in [0.15, 0.2) is 42.5 Å². The largest absolute Gasteiger partial charge is 0.299 e. The van der Waals surface area contributed by atoms with Crippen molar-refractivity contribution in [3.63, 3.8) is 0 Å². The zero-order chi connectivity index (χ0) is 16.1. The van der Waals surface area contributed by atoms with Crippen molar-refractivity contribution in [2.24, 2.45) is 5.41 Å². The number of ketones is 3. The highest BCUT2D eigenvalue weighted by molar-refractivity contribution is 6.22. The smallest absolute Gasteiger partial charge is 0.186 e. The van der Waals surface area contributed by atoms with Crippen LogP contribution in [0.25, 0.3) is 0 Å². The van der Waals surface area contributed by atoms with E-state index in [9.17, 15) is 14.4 Å². The van der Waals surface area contributed by atoms with Gasteiger partial charge >= 0.3 is 0 Å². The van der Waals surface area contributed by atoms with E-state index in [2.05, 4.69) is 6.58 Å². The van der Waals surface area contributed by atoms with Crippen LogP contribution in [0.2, 0.25) is 0 Å². The van der Waals surface area contributed by atoms with Gasteiger partial charge in [0.1, 0.15) is 5.78 Å². The number of hydrogen-bond donors (Lipinski definition) is 0. The number of hydrogen-bond acceptors (Lipinski definition) is 3. The zero-order valence-corrected chi connectivity index (χ0v) is 12.8. The van der Waals surface area contributed by atoms with Gasteiger partial charge < -0.3 is 0 Å². The Morgan fingerprint density at radius 3 is 2.32 bits per heavy atom. The van der Waals surface area contributed by atoms with Gasteiger partial charge in [0.15, 0.2) is 11.6 Å². The molecular formula is C19H18O3. The highest BCUT2D eigenvalue weighted by atomic mass is 16.1. The van der Waals surface area contributed by atoms with Gasteiger partial charge in [0.2, 0.25) is 0 Å². The molecule has 3 heteroatoms. The summed E-state index contributed by atoms with van der Waals surface area (Å²) in [5, 5.41) is 0. The SMILES string of the molecule is C=C1CCC(=O)C(C)(C)[C@@H]1c1ccc2c(c1)C(=O)C=CC2=O. The molecule has 2 aliphatic rings. The molecule has 0 saturated heterocycles. The Labute approximate surface area is 129 Å². The molecule has 2 aliphatic carbocycles. The minimum Gasteiger partial charge on any atom is -0.299 e. The standard InChI is InChI=1S/C19H18O3/c1-11-4-9-17(22)19(2,3)18(11)12-5-6-13-14(10-12)16(21)8-7-15(13)20/h5-8,10,18H,1,4,9H2,2-3H3/t18-/m0/s1. The monoisotopic (exact) mass is 294 g/mol. The summed E-state index contributed by atoms with van der Waals surface area (Å²) in [5.41, 5.74) is 2.21. The van der Waals surface area contributed by atoms with Crippen molar-refractivity contribution < 1.29 is 14.4 Å². The van der Waals surface area contributed by atoms with Gasteiger partial charge in [-0.2, -0.15) is 0 Å². The summed E-state index contributed by atoms with van der Waals surface area (Å²) in [7, 11) is 0. The van der Waals surface area contributed by atoms with Crippen LogP contribution in [-0.4, -0.2) is 17.3 Å². The molecule has 112 valence electrons. The summed E-state index contributed by atoms with van der Waals surface area (Å²) in [6, 6.07) is 5.30. The second kappa shape index (κ2) is 4.87. The molecule has 1 atom stereocenters. The quantitative estimate of drug-likeness (QED) is 0.743. The van der Waals surface area contributed by atoms with Crippen LogP contribution in [0.3, 0.4) is 0 Å². The summed E-state index contributed by atoms with van der Waals surface area (Å²) in [4.78, 5) is 36.2. The maximum Gasteiger partial charge on any atom is 0.186 e. The van der Waals surface area contributed by atoms with Crippen LogP contribution in [0.4, 0.5) is 0 Å². The van der Waals surface area contributed by atoms with Gasteiger partial charge in [0, 0.05) is 28.9 Å². The molecule has 0 heterocycles. The lowest BCUT2D eigenvalue weighted by atomic mass is 9.63. The average Bonchev–Trinajstić information content (AvgIpc) is 2.47. The fourth-order valence-corrected chi connectivity index (χ4v) is 3.56. The molecular weight excluding hydrogens is 276 g/mol. The highest BCUT2D eigenvalue weighted by Crippen LogP contribution is 2.47. The van der Waals surface area contributed by atoms with Crippen LogP contribution in [0.5, 0.6) is 0 Å². The molecule has 1 fully saturated rings. The molecule has 0 N–H and O–H groups in total. The van der Waals surface area contributed by atoms with E-state index >= 15 is 0 Å². The Hall–Kier alpha value is -2.29. The molecule has 1 aromatic rings. The van der Waals surface area contributed by atoms with Crippen molar-refractivity contribution in [3.8, 4) is 0 Å². The number of Topliss-reactive ketones (excluding diaryl/α,β-unsaturated/α-hetero) is 1. The van der Waals surface area contributed by atoms with E-state index in [0.29, 0.717) is 24.0 Å². The molecule has 0 amide bonds. The first-order valence-corrected chi connectivity index (χ1v) is 7.44. The molecule has 0 aliphatic heterocycles. The van der Waals surface area contributed by atoms with Gasteiger partial charge in [0.25, 0.3) is 0 Å². The van der Waals surface area contributed by atoms with Crippen molar-refractivity contribution >= 4 is 17.3 Å². The van der Waals surface area contributed by atoms with Gasteiger partial charge in [-0.05, 0) is 30.2 Å². The Balaban J connectivity index is 2.12. The first kappa shape index (κ1) is 14.6. The Morgan fingerprint density at radius 2 is 1.64 bits per heavy atom. The topological polar surface area (TPSA) is 51.2 Å². The fourth-order valence-electron chi connectivity index (χ4n) is 3.56. The van der Waals surface area contributed by atoms with Gasteiger partial charge in [-0.15, -0.1) is 0 Å². The van der Waals surface area contributed by atoms with Crippen LogP contribution in [0.1, 0.15) is 58.9 Å². The van der Waals surface area contributed by atoms with Crippen molar-refractivity contribution in [2.75, 3.05) is 0 Å². The van der Waals surface area contributed by atoms with E-state index in [1.165, 1.54) is 12.2 Å². The minimum atomic E-state index is -0.541. The first-order chi connectivity index (χ1) is 10.3. The third-order valence-electron chi connectivity index (χ3n) is 4.82. The van der Waals surface area contributed by atoms with Gasteiger partial charge in [-0.3, -0.25) is 14.4 Å². The van der Waals surface area contributed by atoms with Crippen LogP contribution >= 0.6 is 0 Å². The van der Waals surface area contributed by atoms with Gasteiger partial charge in [-0.1, -0.05) is 38.1 Å². The van der Waals surface area contributed by atoms with Crippen LogP contribution in [-0.2, 0) is 4.79 Å². The third kappa shape index (κ3) is 2.08. The molecule has 0 unspecified atom stereocenters. The molecule has 22 heavy (non-hydrogen) atoms. The highest BCUT2D eigenvalue weighted by Gasteiger charge is 2.42. The van der Waals surface area contributed by atoms with Crippen molar-refractivity contribution in [3.05, 3.63) is 59.2 Å². The van der Waals surface area contributed by atoms with Gasteiger partial charge in [-0.25, -0.2) is 0 Å². The summed E-state index contributed by atoms with van der Waals surface area (Å²) in [6.45, 7) is 7.98. The zero-order valence-electron chi connectivity index (χ0n) is 12.8. The minimum absolute atomic E-state index is 0.118.